The van der Waals surface area contributed by atoms with E-state index in [1.165, 1.54) is 13.1 Å². The predicted octanol–water partition coefficient (Wildman–Crippen LogP) is 1.70. The second kappa shape index (κ2) is 8.00. The standard InChI is InChI=1S/C20H18FN7O3/c1-12-24-17(27-31-12)20(2,29)7-5-13-3-4-14-15(11-13)28(19(25-14)30-10-8-21)16-6-9-23-18(22)26-16/h3-4,6,9,11,29H,8,10H2,1-2H3,(H2,22,23,26). The highest BCUT2D eigenvalue weighted by atomic mass is 19.1. The van der Waals surface area contributed by atoms with Crippen LogP contribution >= 0.6 is 0 Å². The summed E-state index contributed by atoms with van der Waals surface area (Å²) < 4.78 is 24.6. The molecule has 4 rings (SSSR count). The van der Waals surface area contributed by atoms with Gasteiger partial charge in [0.25, 0.3) is 0 Å². The van der Waals surface area contributed by atoms with E-state index in [0.29, 0.717) is 28.3 Å². The number of benzene rings is 1. The average molecular weight is 423 g/mol. The molecule has 1 unspecified atom stereocenters. The topological polar surface area (TPSA) is 138 Å². The highest BCUT2D eigenvalue weighted by Crippen LogP contribution is 2.26. The Morgan fingerprint density at radius 2 is 2.13 bits per heavy atom. The SMILES string of the molecule is Cc1nc(C(C)(O)C#Cc2ccc3nc(OCCF)n(-c4ccnc(N)n4)c3c2)no1. The van der Waals surface area contributed by atoms with Crippen molar-refractivity contribution in [2.24, 2.45) is 0 Å². The van der Waals surface area contributed by atoms with Crippen molar-refractivity contribution in [2.75, 3.05) is 19.0 Å². The van der Waals surface area contributed by atoms with E-state index in [2.05, 4.69) is 36.9 Å². The average Bonchev–Trinajstić information content (AvgIpc) is 3.34. The van der Waals surface area contributed by atoms with Gasteiger partial charge in [-0.1, -0.05) is 17.0 Å². The van der Waals surface area contributed by atoms with Gasteiger partial charge in [0.05, 0.1) is 11.0 Å². The lowest BCUT2D eigenvalue weighted by molar-refractivity contribution is 0.108. The molecular formula is C20H18FN7O3. The van der Waals surface area contributed by atoms with Crippen molar-refractivity contribution in [3.05, 3.63) is 47.7 Å². The monoisotopic (exact) mass is 423 g/mol. The fourth-order valence-corrected chi connectivity index (χ4v) is 2.81. The van der Waals surface area contributed by atoms with E-state index in [-0.39, 0.29) is 24.4 Å². The number of nitrogens with zero attached hydrogens (tertiary/aromatic N) is 6. The third kappa shape index (κ3) is 4.15. The van der Waals surface area contributed by atoms with Crippen LogP contribution in [0.2, 0.25) is 0 Å². The number of rotatable bonds is 5. The Morgan fingerprint density at radius 3 is 2.84 bits per heavy atom. The fourth-order valence-electron chi connectivity index (χ4n) is 2.81. The van der Waals surface area contributed by atoms with Crippen molar-refractivity contribution < 1.29 is 18.8 Å². The maximum Gasteiger partial charge on any atom is 0.303 e. The van der Waals surface area contributed by atoms with Crippen molar-refractivity contribution in [3.8, 4) is 23.7 Å². The van der Waals surface area contributed by atoms with E-state index in [0.717, 1.165) is 0 Å². The van der Waals surface area contributed by atoms with Crippen LogP contribution in [0, 0.1) is 18.8 Å². The fraction of sp³-hybridized carbons (Fsp3) is 0.250. The summed E-state index contributed by atoms with van der Waals surface area (Å²) in [4.78, 5) is 16.5. The summed E-state index contributed by atoms with van der Waals surface area (Å²) in [6, 6.07) is 6.99. The molecule has 158 valence electrons. The molecule has 0 aliphatic heterocycles. The Morgan fingerprint density at radius 1 is 1.29 bits per heavy atom. The van der Waals surface area contributed by atoms with Crippen molar-refractivity contribution in [1.82, 2.24) is 29.7 Å². The minimum atomic E-state index is -1.61. The van der Waals surface area contributed by atoms with Gasteiger partial charge in [-0.25, -0.2) is 13.9 Å². The number of aromatic nitrogens is 6. The maximum absolute atomic E-state index is 12.7. The van der Waals surface area contributed by atoms with Gasteiger partial charge in [-0.2, -0.15) is 15.0 Å². The van der Waals surface area contributed by atoms with E-state index in [9.17, 15) is 9.50 Å². The van der Waals surface area contributed by atoms with Gasteiger partial charge in [0.2, 0.25) is 17.7 Å². The number of alkyl halides is 1. The van der Waals surface area contributed by atoms with Crippen LogP contribution in [-0.2, 0) is 5.60 Å². The molecule has 0 saturated carbocycles. The highest BCUT2D eigenvalue weighted by molar-refractivity contribution is 5.80. The number of ether oxygens (including phenoxy) is 1. The van der Waals surface area contributed by atoms with Crippen LogP contribution in [0.15, 0.2) is 35.0 Å². The molecule has 31 heavy (non-hydrogen) atoms. The van der Waals surface area contributed by atoms with Crippen LogP contribution in [0.5, 0.6) is 6.01 Å². The first kappa shape index (κ1) is 20.2. The minimum absolute atomic E-state index is 0.0678. The maximum atomic E-state index is 12.7. The van der Waals surface area contributed by atoms with Crippen LogP contribution in [0.3, 0.4) is 0 Å². The van der Waals surface area contributed by atoms with Gasteiger partial charge in [-0.05, 0) is 25.1 Å². The van der Waals surface area contributed by atoms with Crippen molar-refractivity contribution in [2.45, 2.75) is 19.4 Å². The lowest BCUT2D eigenvalue weighted by Gasteiger charge is -2.10. The van der Waals surface area contributed by atoms with E-state index in [4.69, 9.17) is 15.0 Å². The molecule has 1 aromatic carbocycles. The molecule has 3 heterocycles. The number of aliphatic hydroxyl groups is 1. The molecular weight excluding hydrogens is 405 g/mol. The van der Waals surface area contributed by atoms with Crippen LogP contribution in [0.25, 0.3) is 16.9 Å². The van der Waals surface area contributed by atoms with E-state index in [1.807, 2.05) is 0 Å². The number of halogens is 1. The first-order valence-corrected chi connectivity index (χ1v) is 9.24. The summed E-state index contributed by atoms with van der Waals surface area (Å²) in [6.45, 7) is 2.26. The molecule has 10 nitrogen and oxygen atoms in total. The lowest BCUT2D eigenvalue weighted by Crippen LogP contribution is -2.20. The van der Waals surface area contributed by atoms with Crippen LogP contribution in [-0.4, -0.2) is 48.0 Å². The molecule has 0 saturated heterocycles. The van der Waals surface area contributed by atoms with Gasteiger partial charge < -0.3 is 20.1 Å². The van der Waals surface area contributed by atoms with Gasteiger partial charge in [-0.15, -0.1) is 0 Å². The number of nitrogen functional groups attached to an aromatic ring is 1. The Balaban J connectivity index is 1.79. The summed E-state index contributed by atoms with van der Waals surface area (Å²) in [6.07, 6.45) is 1.50. The van der Waals surface area contributed by atoms with E-state index < -0.39 is 12.3 Å². The van der Waals surface area contributed by atoms with Gasteiger partial charge in [-0.3, -0.25) is 0 Å². The number of imidazole rings is 1. The predicted molar refractivity (Wildman–Crippen MR) is 108 cm³/mol. The van der Waals surface area contributed by atoms with E-state index in [1.54, 1.807) is 35.8 Å². The zero-order valence-electron chi connectivity index (χ0n) is 16.7. The Labute approximate surface area is 175 Å². The number of fused-ring (bicyclic) bond motifs is 1. The smallest absolute Gasteiger partial charge is 0.303 e. The molecule has 1 atom stereocenters. The normalized spacial score (nSPS) is 12.9. The number of nitrogens with two attached hydrogens (primary N) is 1. The lowest BCUT2D eigenvalue weighted by atomic mass is 10.1. The van der Waals surface area contributed by atoms with Crippen molar-refractivity contribution in [3.63, 3.8) is 0 Å². The zero-order chi connectivity index (χ0) is 22.0. The molecule has 11 heteroatoms. The molecule has 3 aromatic heterocycles. The number of anilines is 1. The Bertz CT molecular complexity index is 1300. The number of aryl methyl sites for hydroxylation is 1. The molecule has 0 aliphatic carbocycles. The van der Waals surface area contributed by atoms with Gasteiger partial charge in [0.15, 0.2) is 5.60 Å². The first-order valence-electron chi connectivity index (χ1n) is 9.24. The minimum Gasteiger partial charge on any atom is -0.462 e. The van der Waals surface area contributed by atoms with Gasteiger partial charge in [0, 0.05) is 24.8 Å². The second-order valence-corrected chi connectivity index (χ2v) is 6.70. The van der Waals surface area contributed by atoms with Crippen molar-refractivity contribution >= 4 is 17.0 Å². The van der Waals surface area contributed by atoms with Crippen LogP contribution in [0.4, 0.5) is 10.3 Å². The number of hydrogen-bond donors (Lipinski definition) is 2. The molecule has 0 spiro atoms. The zero-order valence-corrected chi connectivity index (χ0v) is 16.7. The quantitative estimate of drug-likeness (QED) is 0.459. The largest absolute Gasteiger partial charge is 0.462 e. The summed E-state index contributed by atoms with van der Waals surface area (Å²) in [5.74, 6) is 6.52. The molecule has 4 aromatic rings. The molecule has 0 fully saturated rings. The third-order valence-corrected chi connectivity index (χ3v) is 4.23. The molecule has 3 N–H and O–H groups in total. The summed E-state index contributed by atoms with van der Waals surface area (Å²) >= 11 is 0. The summed E-state index contributed by atoms with van der Waals surface area (Å²) in [7, 11) is 0. The van der Waals surface area contributed by atoms with Crippen molar-refractivity contribution in [1.29, 1.82) is 0 Å². The Kier molecular flexibility index (Phi) is 5.22. The molecule has 0 amide bonds. The summed E-state index contributed by atoms with van der Waals surface area (Å²) in [5.41, 5.74) is 5.87. The Hall–Kier alpha value is -4.04. The third-order valence-electron chi connectivity index (χ3n) is 4.23. The van der Waals surface area contributed by atoms with E-state index >= 15 is 0 Å². The van der Waals surface area contributed by atoms with Crippen LogP contribution in [0.1, 0.15) is 24.2 Å². The molecule has 0 aliphatic rings. The number of hydrogen-bond acceptors (Lipinski definition) is 9. The molecule has 0 bridgehead atoms. The van der Waals surface area contributed by atoms with Gasteiger partial charge >= 0.3 is 6.01 Å². The second-order valence-electron chi connectivity index (χ2n) is 6.70. The first-order chi connectivity index (χ1) is 14.9. The van der Waals surface area contributed by atoms with Gasteiger partial charge in [0.1, 0.15) is 19.1 Å². The van der Waals surface area contributed by atoms with Crippen LogP contribution < -0.4 is 10.5 Å². The highest BCUT2D eigenvalue weighted by Gasteiger charge is 2.26. The summed E-state index contributed by atoms with van der Waals surface area (Å²) in [5, 5.41) is 14.3. The molecule has 0 radical (unpaired) electrons.